The van der Waals surface area contributed by atoms with Crippen molar-refractivity contribution in [3.05, 3.63) is 29.3 Å². The molecule has 0 atom stereocenters. The number of ether oxygens (including phenoxy) is 1. The zero-order valence-corrected chi connectivity index (χ0v) is 15.7. The Morgan fingerprint density at radius 1 is 1.21 bits per heavy atom. The smallest absolute Gasteiger partial charge is 0.240 e. The third-order valence-corrected chi connectivity index (χ3v) is 5.13. The molecule has 1 amide bonds. The number of piperazine rings is 1. The van der Waals surface area contributed by atoms with Crippen molar-refractivity contribution in [2.24, 2.45) is 0 Å². The van der Waals surface area contributed by atoms with Gasteiger partial charge in [0.2, 0.25) is 5.91 Å². The first kappa shape index (κ1) is 18.7. The van der Waals surface area contributed by atoms with E-state index in [2.05, 4.69) is 47.2 Å². The fourth-order valence-electron chi connectivity index (χ4n) is 3.21. The van der Waals surface area contributed by atoms with Gasteiger partial charge in [0.15, 0.2) is 0 Å². The summed E-state index contributed by atoms with van der Waals surface area (Å²) in [6.07, 6.45) is 0. The molecule has 1 aliphatic heterocycles. The van der Waals surface area contributed by atoms with Crippen molar-refractivity contribution in [1.29, 1.82) is 0 Å². The largest absolute Gasteiger partial charge is 0.383 e. The third-order valence-electron chi connectivity index (χ3n) is 5.13. The molecule has 5 nitrogen and oxygen atoms in total. The number of nitrogens with one attached hydrogen (secondary N) is 1. The molecule has 2 rings (SSSR count). The Morgan fingerprint density at radius 2 is 1.88 bits per heavy atom. The highest BCUT2D eigenvalue weighted by Gasteiger charge is 2.36. The number of hydrogen-bond donors (Lipinski definition) is 1. The van der Waals surface area contributed by atoms with Gasteiger partial charge in [-0.25, -0.2) is 0 Å². The average molecular weight is 333 g/mol. The maximum Gasteiger partial charge on any atom is 0.240 e. The molecule has 24 heavy (non-hydrogen) atoms. The molecule has 1 aromatic carbocycles. The van der Waals surface area contributed by atoms with E-state index in [0.717, 1.165) is 26.2 Å². The van der Waals surface area contributed by atoms with Crippen molar-refractivity contribution in [2.75, 3.05) is 51.3 Å². The van der Waals surface area contributed by atoms with E-state index in [4.69, 9.17) is 4.74 Å². The summed E-state index contributed by atoms with van der Waals surface area (Å²) in [6.45, 7) is 13.1. The van der Waals surface area contributed by atoms with Gasteiger partial charge in [0.1, 0.15) is 0 Å². The van der Waals surface area contributed by atoms with Gasteiger partial charge >= 0.3 is 0 Å². The summed E-state index contributed by atoms with van der Waals surface area (Å²) in [5.74, 6) is 0.0692. The first-order valence-corrected chi connectivity index (χ1v) is 8.71. The zero-order valence-electron chi connectivity index (χ0n) is 15.7. The molecule has 1 aliphatic rings. The molecule has 1 aromatic rings. The number of amides is 1. The first-order valence-electron chi connectivity index (χ1n) is 8.71. The molecule has 1 fully saturated rings. The van der Waals surface area contributed by atoms with E-state index in [1.54, 1.807) is 7.11 Å². The van der Waals surface area contributed by atoms with Gasteiger partial charge in [-0.15, -0.1) is 0 Å². The van der Waals surface area contributed by atoms with E-state index < -0.39 is 5.54 Å². The van der Waals surface area contributed by atoms with Crippen LogP contribution in [0.1, 0.15) is 25.0 Å². The van der Waals surface area contributed by atoms with Gasteiger partial charge in [0, 0.05) is 45.5 Å². The summed E-state index contributed by atoms with van der Waals surface area (Å²) in [4.78, 5) is 17.2. The Morgan fingerprint density at radius 3 is 2.50 bits per heavy atom. The number of hydrogen-bond acceptors (Lipinski definition) is 4. The third kappa shape index (κ3) is 4.08. The summed E-state index contributed by atoms with van der Waals surface area (Å²) >= 11 is 0. The highest BCUT2D eigenvalue weighted by Crippen LogP contribution is 2.25. The second-order valence-electron chi connectivity index (χ2n) is 7.00. The lowest BCUT2D eigenvalue weighted by Crippen LogP contribution is -2.60. The minimum absolute atomic E-state index is 0.0692. The van der Waals surface area contributed by atoms with Crippen LogP contribution in [0.3, 0.4) is 0 Å². The first-order chi connectivity index (χ1) is 11.4. The lowest BCUT2D eigenvalue weighted by atomic mass is 9.99. The zero-order chi connectivity index (χ0) is 17.7. The lowest BCUT2D eigenvalue weighted by molar-refractivity contribution is -0.132. The molecule has 0 unspecified atom stereocenters. The second-order valence-corrected chi connectivity index (χ2v) is 7.00. The molecule has 0 aliphatic carbocycles. The standard InChI is InChI=1S/C19H31N3O2/c1-15-7-6-8-17(16(15)2)21-10-12-22(13-11-21)19(3,4)18(23)20-9-14-24-5/h6-8H,9-14H2,1-5H3,(H,20,23). The van der Waals surface area contributed by atoms with Gasteiger partial charge in [-0.05, 0) is 44.9 Å². The van der Waals surface area contributed by atoms with Gasteiger partial charge in [-0.2, -0.15) is 0 Å². The topological polar surface area (TPSA) is 44.8 Å². The van der Waals surface area contributed by atoms with Crippen LogP contribution < -0.4 is 10.2 Å². The number of rotatable bonds is 6. The molecule has 1 heterocycles. The van der Waals surface area contributed by atoms with Crippen LogP contribution in [0.15, 0.2) is 18.2 Å². The molecule has 134 valence electrons. The average Bonchev–Trinajstić information content (AvgIpc) is 2.57. The van der Waals surface area contributed by atoms with Crippen LogP contribution in [-0.4, -0.2) is 62.8 Å². The quantitative estimate of drug-likeness (QED) is 0.809. The Bertz CT molecular complexity index is 564. The van der Waals surface area contributed by atoms with Crippen molar-refractivity contribution in [3.8, 4) is 0 Å². The maximum absolute atomic E-state index is 12.5. The van der Waals surface area contributed by atoms with Crippen LogP contribution in [0, 0.1) is 13.8 Å². The second kappa shape index (κ2) is 7.99. The Kier molecular flexibility index (Phi) is 6.24. The van der Waals surface area contributed by atoms with Crippen molar-refractivity contribution < 1.29 is 9.53 Å². The SMILES string of the molecule is COCCNC(=O)C(C)(C)N1CCN(c2cccc(C)c2C)CC1. The highest BCUT2D eigenvalue weighted by atomic mass is 16.5. The molecule has 0 radical (unpaired) electrons. The number of carbonyl (C=O) groups excluding carboxylic acids is 1. The Hall–Kier alpha value is -1.59. The maximum atomic E-state index is 12.5. The van der Waals surface area contributed by atoms with Crippen molar-refractivity contribution in [3.63, 3.8) is 0 Å². The fourth-order valence-corrected chi connectivity index (χ4v) is 3.21. The van der Waals surface area contributed by atoms with Crippen LogP contribution in [0.4, 0.5) is 5.69 Å². The molecule has 5 heteroatoms. The van der Waals surface area contributed by atoms with E-state index in [1.165, 1.54) is 16.8 Å². The number of nitrogens with zero attached hydrogens (tertiary/aromatic N) is 2. The van der Waals surface area contributed by atoms with Crippen molar-refractivity contribution >= 4 is 11.6 Å². The molecule has 1 saturated heterocycles. The summed E-state index contributed by atoms with van der Waals surface area (Å²) in [5, 5.41) is 2.96. The van der Waals surface area contributed by atoms with Crippen LogP contribution in [0.25, 0.3) is 0 Å². The van der Waals surface area contributed by atoms with Crippen molar-refractivity contribution in [2.45, 2.75) is 33.2 Å². The summed E-state index contributed by atoms with van der Waals surface area (Å²) in [7, 11) is 1.64. The molecular weight excluding hydrogens is 302 g/mol. The number of carbonyl (C=O) groups is 1. The Balaban J connectivity index is 1.96. The normalized spacial score (nSPS) is 16.3. The monoisotopic (exact) mass is 333 g/mol. The van der Waals surface area contributed by atoms with Gasteiger partial charge in [-0.1, -0.05) is 12.1 Å². The van der Waals surface area contributed by atoms with Crippen LogP contribution in [0.5, 0.6) is 0 Å². The Labute approximate surface area is 146 Å². The molecule has 0 spiro atoms. The van der Waals surface area contributed by atoms with Gasteiger partial charge in [0.25, 0.3) is 0 Å². The van der Waals surface area contributed by atoms with Crippen LogP contribution in [0.2, 0.25) is 0 Å². The summed E-state index contributed by atoms with van der Waals surface area (Å²) in [5.41, 5.74) is 3.49. The minimum Gasteiger partial charge on any atom is -0.383 e. The van der Waals surface area contributed by atoms with E-state index in [0.29, 0.717) is 13.2 Å². The fraction of sp³-hybridized carbons (Fsp3) is 0.632. The van der Waals surface area contributed by atoms with Gasteiger partial charge < -0.3 is 15.0 Å². The summed E-state index contributed by atoms with van der Waals surface area (Å²) < 4.78 is 5.00. The predicted octanol–water partition coefficient (Wildman–Crippen LogP) is 1.97. The number of methoxy groups -OCH3 is 1. The minimum atomic E-state index is -0.499. The van der Waals surface area contributed by atoms with E-state index in [-0.39, 0.29) is 5.91 Å². The van der Waals surface area contributed by atoms with E-state index in [9.17, 15) is 4.79 Å². The van der Waals surface area contributed by atoms with E-state index in [1.807, 2.05) is 13.8 Å². The highest BCUT2D eigenvalue weighted by molar-refractivity contribution is 5.85. The predicted molar refractivity (Wildman–Crippen MR) is 98.7 cm³/mol. The molecule has 0 aromatic heterocycles. The molecule has 0 saturated carbocycles. The number of aryl methyl sites for hydroxylation is 1. The van der Waals surface area contributed by atoms with E-state index >= 15 is 0 Å². The van der Waals surface area contributed by atoms with Crippen molar-refractivity contribution in [1.82, 2.24) is 10.2 Å². The summed E-state index contributed by atoms with van der Waals surface area (Å²) in [6, 6.07) is 6.47. The van der Waals surface area contributed by atoms with Crippen LogP contribution in [-0.2, 0) is 9.53 Å². The molecule has 0 bridgehead atoms. The number of benzene rings is 1. The van der Waals surface area contributed by atoms with Crippen LogP contribution >= 0.6 is 0 Å². The molecule has 1 N–H and O–H groups in total. The van der Waals surface area contributed by atoms with Gasteiger partial charge in [0.05, 0.1) is 12.1 Å². The number of anilines is 1. The molecular formula is C19H31N3O2. The van der Waals surface area contributed by atoms with Gasteiger partial charge in [-0.3, -0.25) is 9.69 Å². The lowest BCUT2D eigenvalue weighted by Gasteiger charge is -2.44.